The number of hydrogen-bond donors (Lipinski definition) is 0. The van der Waals surface area contributed by atoms with E-state index in [0.29, 0.717) is 21.3 Å². The molecule has 0 atom stereocenters. The molecule has 5 nitrogen and oxygen atoms in total. The van der Waals surface area contributed by atoms with Gasteiger partial charge in [-0.3, -0.25) is 9.36 Å². The van der Waals surface area contributed by atoms with Crippen LogP contribution in [-0.2, 0) is 19.3 Å². The second kappa shape index (κ2) is 9.24. The fourth-order valence-corrected chi connectivity index (χ4v) is 7.34. The van der Waals surface area contributed by atoms with E-state index in [1.54, 1.807) is 28.3 Å². The average Bonchev–Trinajstić information content (AvgIpc) is 3.59. The van der Waals surface area contributed by atoms with Gasteiger partial charge in [-0.15, -0.1) is 11.3 Å². The summed E-state index contributed by atoms with van der Waals surface area (Å²) in [5.41, 5.74) is 1.26. The first-order valence-electron chi connectivity index (χ1n) is 10.9. The zero-order chi connectivity index (χ0) is 25.8. The Morgan fingerprint density at radius 1 is 1.19 bits per heavy atom. The minimum Gasteiger partial charge on any atom is -0.450 e. The van der Waals surface area contributed by atoms with Gasteiger partial charge in [-0.1, -0.05) is 23.1 Å². The van der Waals surface area contributed by atoms with Crippen molar-refractivity contribution in [3.05, 3.63) is 83.3 Å². The number of furan rings is 1. The molecule has 3 aromatic heterocycles. The van der Waals surface area contributed by atoms with Crippen LogP contribution >= 0.6 is 34.4 Å². The maximum atomic E-state index is 14.1. The number of thioether (sulfide) groups is 1. The first-order valence-corrected chi connectivity index (χ1v) is 13.4. The monoisotopic (exact) mass is 554 g/mol. The number of rotatable bonds is 4. The highest BCUT2D eigenvalue weighted by molar-refractivity contribution is 8.08. The van der Waals surface area contributed by atoms with Crippen LogP contribution in [0.15, 0.2) is 49.9 Å². The molecule has 4 aromatic rings. The van der Waals surface area contributed by atoms with Crippen molar-refractivity contribution >= 4 is 51.2 Å². The van der Waals surface area contributed by atoms with Gasteiger partial charge >= 0.3 is 6.18 Å². The molecule has 0 saturated heterocycles. The number of anilines is 1. The maximum Gasteiger partial charge on any atom is 0.449 e. The van der Waals surface area contributed by atoms with E-state index in [9.17, 15) is 22.4 Å². The van der Waals surface area contributed by atoms with E-state index < -0.39 is 11.9 Å². The minimum atomic E-state index is -4.54. The van der Waals surface area contributed by atoms with Crippen LogP contribution in [0.3, 0.4) is 0 Å². The van der Waals surface area contributed by atoms with Crippen LogP contribution in [0.2, 0.25) is 0 Å². The van der Waals surface area contributed by atoms with Gasteiger partial charge < -0.3 is 9.32 Å². The summed E-state index contributed by atoms with van der Waals surface area (Å²) in [6, 6.07) is 5.38. The van der Waals surface area contributed by atoms with Crippen molar-refractivity contribution in [2.24, 2.45) is 0 Å². The second-order valence-electron chi connectivity index (χ2n) is 8.08. The van der Waals surface area contributed by atoms with Crippen molar-refractivity contribution in [3.8, 4) is 0 Å². The Kier molecular flexibility index (Phi) is 6.38. The van der Waals surface area contributed by atoms with Crippen molar-refractivity contribution in [1.82, 2.24) is 4.57 Å². The molecule has 1 aliphatic rings. The third kappa shape index (κ3) is 4.31. The van der Waals surface area contributed by atoms with E-state index in [-0.39, 0.29) is 23.7 Å². The van der Waals surface area contributed by atoms with E-state index in [1.165, 1.54) is 46.6 Å². The van der Waals surface area contributed by atoms with Crippen molar-refractivity contribution in [2.75, 3.05) is 11.9 Å². The largest absolute Gasteiger partial charge is 0.450 e. The molecular weight excluding hydrogens is 534 g/mol. The van der Waals surface area contributed by atoms with Gasteiger partial charge in [0.25, 0.3) is 10.6 Å². The van der Waals surface area contributed by atoms with Crippen molar-refractivity contribution in [2.45, 2.75) is 38.0 Å². The van der Waals surface area contributed by atoms with Crippen LogP contribution in [0.5, 0.6) is 0 Å². The van der Waals surface area contributed by atoms with Crippen LogP contribution < -0.4 is 24.2 Å². The molecule has 0 spiro atoms. The number of alkyl halides is 3. The average molecular weight is 555 g/mol. The van der Waals surface area contributed by atoms with Crippen LogP contribution in [0, 0.1) is 12.7 Å². The topological polar surface area (TPSA) is 42.3 Å². The molecule has 12 heteroatoms. The molecule has 0 bridgehead atoms. The third-order valence-corrected chi connectivity index (χ3v) is 9.32. The molecule has 0 aliphatic carbocycles. The first kappa shape index (κ1) is 24.8. The van der Waals surface area contributed by atoms with Gasteiger partial charge in [0, 0.05) is 24.1 Å². The lowest BCUT2D eigenvalue weighted by molar-refractivity contribution is -0.686. The zero-order valence-electron chi connectivity index (χ0n) is 19.4. The Bertz CT molecular complexity index is 1650. The van der Waals surface area contributed by atoms with E-state index in [2.05, 4.69) is 0 Å². The highest BCUT2D eigenvalue weighted by atomic mass is 32.2. The molecule has 0 saturated carbocycles. The van der Waals surface area contributed by atoms with Crippen molar-refractivity contribution < 1.29 is 26.5 Å². The van der Waals surface area contributed by atoms with E-state index in [4.69, 9.17) is 4.42 Å². The Morgan fingerprint density at radius 2 is 1.97 bits per heavy atom. The third-order valence-electron chi connectivity index (χ3n) is 5.83. The molecule has 188 valence electrons. The quantitative estimate of drug-likeness (QED) is 0.275. The van der Waals surface area contributed by atoms with Gasteiger partial charge in [0.1, 0.15) is 20.0 Å². The zero-order valence-corrected chi connectivity index (χ0v) is 21.8. The summed E-state index contributed by atoms with van der Waals surface area (Å²) < 4.78 is 62.5. The minimum absolute atomic E-state index is 0.121. The number of thiazole rings is 2. The number of nitrogens with zero attached hydrogens (tertiary/aromatic N) is 3. The van der Waals surface area contributed by atoms with Crippen LogP contribution in [0.25, 0.3) is 11.1 Å². The van der Waals surface area contributed by atoms with Gasteiger partial charge in [-0.2, -0.15) is 17.7 Å². The van der Waals surface area contributed by atoms with Crippen LogP contribution in [0.4, 0.5) is 23.2 Å². The molecule has 1 aromatic carbocycles. The van der Waals surface area contributed by atoms with E-state index in [0.717, 1.165) is 26.7 Å². The molecular formula is C24H20F4N3O2S3+. The molecule has 4 heterocycles. The van der Waals surface area contributed by atoms with Gasteiger partial charge in [0.15, 0.2) is 12.0 Å². The lowest BCUT2D eigenvalue weighted by Gasteiger charge is -2.12. The first-order chi connectivity index (χ1) is 17.1. The molecule has 0 N–H and O–H groups in total. The summed E-state index contributed by atoms with van der Waals surface area (Å²) in [4.78, 5) is 16.1. The summed E-state index contributed by atoms with van der Waals surface area (Å²) in [6.07, 6.45) is -0.918. The van der Waals surface area contributed by atoms with Gasteiger partial charge in [-0.25, -0.2) is 4.39 Å². The summed E-state index contributed by atoms with van der Waals surface area (Å²) in [6.45, 7) is 4.17. The molecule has 0 radical (unpaired) electrons. The highest BCUT2D eigenvalue weighted by Gasteiger charge is 2.35. The summed E-state index contributed by atoms with van der Waals surface area (Å²) in [5, 5.41) is 3.32. The van der Waals surface area contributed by atoms with E-state index in [1.807, 2.05) is 30.3 Å². The Balaban J connectivity index is 1.57. The normalized spacial score (nSPS) is 15.8. The number of halogens is 4. The number of aromatic nitrogens is 2. The molecule has 0 unspecified atom stereocenters. The maximum absolute atomic E-state index is 14.1. The summed E-state index contributed by atoms with van der Waals surface area (Å²) >= 11 is 4.12. The second-order valence-corrected chi connectivity index (χ2v) is 11.0. The van der Waals surface area contributed by atoms with Crippen LogP contribution in [0.1, 0.15) is 29.0 Å². The number of hydrogen-bond acceptors (Lipinski definition) is 6. The lowest BCUT2D eigenvalue weighted by atomic mass is 10.2. The summed E-state index contributed by atoms with van der Waals surface area (Å²) in [5.74, 6) is -1.14. The predicted octanol–water partition coefficient (Wildman–Crippen LogP) is 4.52. The van der Waals surface area contributed by atoms with Crippen molar-refractivity contribution in [1.29, 1.82) is 0 Å². The molecule has 0 amide bonds. The Hall–Kier alpha value is -2.83. The molecule has 1 aliphatic heterocycles. The summed E-state index contributed by atoms with van der Waals surface area (Å²) in [7, 11) is 1.86. The number of benzene rings is 1. The Morgan fingerprint density at radius 3 is 2.67 bits per heavy atom. The Labute approximate surface area is 215 Å². The van der Waals surface area contributed by atoms with Crippen LogP contribution in [-0.4, -0.2) is 11.6 Å². The predicted molar refractivity (Wildman–Crippen MR) is 133 cm³/mol. The van der Waals surface area contributed by atoms with E-state index >= 15 is 0 Å². The molecule has 5 rings (SSSR count). The smallest absolute Gasteiger partial charge is 0.449 e. The highest BCUT2D eigenvalue weighted by Crippen LogP contribution is 2.47. The molecule has 0 fully saturated rings. The van der Waals surface area contributed by atoms with Crippen molar-refractivity contribution in [3.63, 3.8) is 0 Å². The SMILES string of the molecule is CCn1c(=Cc2scc[n+]2Cc2ccc(C(F)(F)F)o2)sc(=C2Sc3c(ccc(F)c3C)N2C)c1=O. The van der Waals surface area contributed by atoms with Gasteiger partial charge in [0.2, 0.25) is 12.3 Å². The lowest BCUT2D eigenvalue weighted by Crippen LogP contribution is -2.36. The van der Waals surface area contributed by atoms with Gasteiger partial charge in [0.05, 0.1) is 17.1 Å². The molecule has 36 heavy (non-hydrogen) atoms. The fourth-order valence-electron chi connectivity index (χ4n) is 3.94. The van der Waals surface area contributed by atoms with Gasteiger partial charge in [-0.05, 0) is 38.1 Å². The fraction of sp³-hybridized carbons (Fsp3) is 0.250. The number of fused-ring (bicyclic) bond motifs is 1. The standard InChI is InChI=1S/C24H20F4N3O2S3/c1-4-31-19(11-18-30(9-10-34-18)12-14-5-8-17(33-14)24(26,27)28)35-21(22(31)32)23-29(3)16-7-6-15(25)13(2)20(16)36-23/h5-11H,4,12H2,1-3H3/q+1.